The Morgan fingerprint density at radius 1 is 1.04 bits per heavy atom. The number of carbonyl (C=O) groups excluding carboxylic acids is 1. The van der Waals surface area contributed by atoms with Crippen LogP contribution in [0.15, 0.2) is 70.5 Å². The predicted molar refractivity (Wildman–Crippen MR) is 84.6 cm³/mol. The Morgan fingerprint density at radius 3 is 2.16 bits per heavy atom. The van der Waals surface area contributed by atoms with Crippen LogP contribution in [0.3, 0.4) is 0 Å². The molecule has 0 heterocycles. The number of aliphatic hydroxyl groups excluding tert-OH is 1. The molecule has 2 rings (SSSR count). The summed E-state index contributed by atoms with van der Waals surface area (Å²) in [6, 6.07) is 13.3. The number of Topliss-reactive ketones (excluding diaryl/α,β-unsaturated/α-hetero) is 1. The standard InChI is InChI=1S/C17H13F3N2O3/c1-25-13-9-7-12(8-10-13)21-22-14(16(24)17(18,19)20)15(23)11-5-3-2-4-6-11/h2-10,23H,1H3/b15-14+,22-21?. The summed E-state index contributed by atoms with van der Waals surface area (Å²) in [6.45, 7) is 0. The number of allylic oxidation sites excluding steroid dienone is 1. The zero-order valence-electron chi connectivity index (χ0n) is 13.0. The van der Waals surface area contributed by atoms with Gasteiger partial charge in [-0.3, -0.25) is 4.79 Å². The molecule has 0 saturated heterocycles. The van der Waals surface area contributed by atoms with E-state index in [2.05, 4.69) is 10.2 Å². The van der Waals surface area contributed by atoms with Crippen LogP contribution in [-0.2, 0) is 4.79 Å². The third kappa shape index (κ3) is 4.66. The topological polar surface area (TPSA) is 71.2 Å². The van der Waals surface area contributed by atoms with Gasteiger partial charge in [-0.2, -0.15) is 18.3 Å². The molecule has 130 valence electrons. The molecular weight excluding hydrogens is 337 g/mol. The number of alkyl halides is 3. The largest absolute Gasteiger partial charge is 0.505 e. The summed E-state index contributed by atoms with van der Waals surface area (Å²) in [5.41, 5.74) is -0.979. The summed E-state index contributed by atoms with van der Waals surface area (Å²) in [5.74, 6) is -2.67. The molecule has 0 spiro atoms. The van der Waals surface area contributed by atoms with E-state index in [0.29, 0.717) is 5.75 Å². The second-order valence-electron chi connectivity index (χ2n) is 4.79. The molecule has 0 aliphatic rings. The molecule has 0 saturated carbocycles. The van der Waals surface area contributed by atoms with Crippen molar-refractivity contribution < 1.29 is 27.8 Å². The van der Waals surface area contributed by atoms with Crippen LogP contribution in [-0.4, -0.2) is 24.2 Å². The molecule has 8 heteroatoms. The van der Waals surface area contributed by atoms with Crippen molar-refractivity contribution in [1.82, 2.24) is 0 Å². The van der Waals surface area contributed by atoms with Crippen molar-refractivity contribution in [2.45, 2.75) is 6.18 Å². The number of carbonyl (C=O) groups is 1. The number of hydrogen-bond donors (Lipinski definition) is 1. The van der Waals surface area contributed by atoms with Gasteiger partial charge in [-0.25, -0.2) is 0 Å². The lowest BCUT2D eigenvalue weighted by molar-refractivity contribution is -0.166. The number of ketones is 1. The summed E-state index contributed by atoms with van der Waals surface area (Å²) in [6.07, 6.45) is -5.20. The van der Waals surface area contributed by atoms with Gasteiger partial charge in [-0.15, -0.1) is 5.11 Å². The van der Waals surface area contributed by atoms with Gasteiger partial charge in [0.2, 0.25) is 0 Å². The highest BCUT2D eigenvalue weighted by Crippen LogP contribution is 2.28. The molecule has 25 heavy (non-hydrogen) atoms. The van der Waals surface area contributed by atoms with Gasteiger partial charge < -0.3 is 9.84 Å². The molecule has 0 atom stereocenters. The van der Waals surface area contributed by atoms with E-state index >= 15 is 0 Å². The molecule has 0 aromatic heterocycles. The van der Waals surface area contributed by atoms with Gasteiger partial charge in [0.15, 0.2) is 11.5 Å². The fourth-order valence-electron chi connectivity index (χ4n) is 1.82. The zero-order valence-corrected chi connectivity index (χ0v) is 13.0. The number of halogens is 3. The minimum absolute atomic E-state index is 0.0174. The number of nitrogens with zero attached hydrogens (tertiary/aromatic N) is 2. The maximum Gasteiger partial charge on any atom is 0.456 e. The monoisotopic (exact) mass is 350 g/mol. The fourth-order valence-corrected chi connectivity index (χ4v) is 1.82. The highest BCUT2D eigenvalue weighted by molar-refractivity contribution is 6.04. The average molecular weight is 350 g/mol. The van der Waals surface area contributed by atoms with Crippen molar-refractivity contribution in [2.24, 2.45) is 10.2 Å². The summed E-state index contributed by atoms with van der Waals surface area (Å²) in [7, 11) is 1.46. The van der Waals surface area contributed by atoms with E-state index in [4.69, 9.17) is 4.74 Å². The van der Waals surface area contributed by atoms with Crippen LogP contribution >= 0.6 is 0 Å². The number of benzene rings is 2. The van der Waals surface area contributed by atoms with Crippen LogP contribution in [0.2, 0.25) is 0 Å². The van der Waals surface area contributed by atoms with E-state index in [9.17, 15) is 23.1 Å². The lowest BCUT2D eigenvalue weighted by Gasteiger charge is -2.08. The quantitative estimate of drug-likeness (QED) is 0.477. The Balaban J connectivity index is 2.44. The van der Waals surface area contributed by atoms with Crippen LogP contribution in [0.25, 0.3) is 5.76 Å². The van der Waals surface area contributed by atoms with Gasteiger partial charge in [0.1, 0.15) is 5.75 Å². The van der Waals surface area contributed by atoms with Crippen molar-refractivity contribution in [3.05, 3.63) is 65.9 Å². The first-order valence-electron chi connectivity index (χ1n) is 6.99. The van der Waals surface area contributed by atoms with Crippen LogP contribution in [0.4, 0.5) is 18.9 Å². The van der Waals surface area contributed by atoms with Crippen molar-refractivity contribution in [3.63, 3.8) is 0 Å². The Kier molecular flexibility index (Phi) is 5.53. The molecule has 0 aliphatic carbocycles. The number of methoxy groups -OCH3 is 1. The number of aliphatic hydroxyl groups is 1. The van der Waals surface area contributed by atoms with E-state index in [1.165, 1.54) is 55.6 Å². The SMILES string of the molecule is COc1ccc(N=N/C(C(=O)C(F)(F)F)=C(/O)c2ccccc2)cc1. The second kappa shape index (κ2) is 7.61. The first-order valence-corrected chi connectivity index (χ1v) is 6.99. The minimum atomic E-state index is -5.20. The van der Waals surface area contributed by atoms with Crippen molar-refractivity contribution >= 4 is 17.2 Å². The van der Waals surface area contributed by atoms with Gasteiger partial charge in [-0.1, -0.05) is 30.3 Å². The number of hydrogen-bond acceptors (Lipinski definition) is 5. The predicted octanol–water partition coefficient (Wildman–Crippen LogP) is 4.84. The molecule has 1 N–H and O–H groups in total. The van der Waals surface area contributed by atoms with Crippen molar-refractivity contribution in [2.75, 3.05) is 7.11 Å². The van der Waals surface area contributed by atoms with Gasteiger partial charge in [0.05, 0.1) is 12.8 Å². The Bertz CT molecular complexity index is 798. The Morgan fingerprint density at radius 2 is 1.64 bits per heavy atom. The highest BCUT2D eigenvalue weighted by atomic mass is 19.4. The van der Waals surface area contributed by atoms with Gasteiger partial charge >= 0.3 is 6.18 Å². The summed E-state index contributed by atoms with van der Waals surface area (Å²) < 4.78 is 43.3. The van der Waals surface area contributed by atoms with Crippen molar-refractivity contribution in [3.8, 4) is 5.75 Å². The first-order chi connectivity index (χ1) is 11.8. The van der Waals surface area contributed by atoms with Gasteiger partial charge in [-0.05, 0) is 24.3 Å². The molecule has 0 radical (unpaired) electrons. The lowest BCUT2D eigenvalue weighted by Crippen LogP contribution is -2.24. The van der Waals surface area contributed by atoms with E-state index < -0.39 is 23.4 Å². The Labute approximate surface area is 141 Å². The minimum Gasteiger partial charge on any atom is -0.505 e. The molecule has 0 fully saturated rings. The molecule has 0 amide bonds. The number of azo groups is 1. The van der Waals surface area contributed by atoms with Crippen LogP contribution in [0.1, 0.15) is 5.56 Å². The van der Waals surface area contributed by atoms with E-state index in [-0.39, 0.29) is 11.3 Å². The summed E-state index contributed by atoms with van der Waals surface area (Å²) >= 11 is 0. The average Bonchev–Trinajstić information content (AvgIpc) is 2.62. The molecular formula is C17H13F3N2O3. The number of ether oxygens (including phenoxy) is 1. The van der Waals surface area contributed by atoms with E-state index in [0.717, 1.165) is 0 Å². The van der Waals surface area contributed by atoms with Gasteiger partial charge in [0, 0.05) is 5.56 Å². The highest BCUT2D eigenvalue weighted by Gasteiger charge is 2.43. The van der Waals surface area contributed by atoms with E-state index in [1.54, 1.807) is 6.07 Å². The maximum absolute atomic E-state index is 12.8. The first kappa shape index (κ1) is 18.2. The van der Waals surface area contributed by atoms with Crippen LogP contribution in [0.5, 0.6) is 5.75 Å². The second-order valence-corrected chi connectivity index (χ2v) is 4.79. The van der Waals surface area contributed by atoms with Crippen LogP contribution in [0, 0.1) is 0 Å². The third-order valence-corrected chi connectivity index (χ3v) is 3.08. The molecule has 2 aromatic carbocycles. The smallest absolute Gasteiger partial charge is 0.456 e. The van der Waals surface area contributed by atoms with Crippen LogP contribution < -0.4 is 4.74 Å². The normalized spacial score (nSPS) is 12.8. The molecule has 0 bridgehead atoms. The lowest BCUT2D eigenvalue weighted by atomic mass is 10.1. The molecule has 2 aromatic rings. The summed E-state index contributed by atoms with van der Waals surface area (Å²) in [4.78, 5) is 11.6. The fraction of sp³-hybridized carbons (Fsp3) is 0.118. The van der Waals surface area contributed by atoms with Gasteiger partial charge in [0.25, 0.3) is 5.78 Å². The number of rotatable bonds is 5. The third-order valence-electron chi connectivity index (χ3n) is 3.08. The van der Waals surface area contributed by atoms with Crippen molar-refractivity contribution in [1.29, 1.82) is 0 Å². The summed E-state index contributed by atoms with van der Waals surface area (Å²) in [5, 5.41) is 17.0. The maximum atomic E-state index is 12.8. The molecule has 0 aliphatic heterocycles. The molecule has 5 nitrogen and oxygen atoms in total. The van der Waals surface area contributed by atoms with E-state index in [1.807, 2.05) is 0 Å². The Hall–Kier alpha value is -3.16. The molecule has 0 unspecified atom stereocenters. The zero-order chi connectivity index (χ0) is 18.4.